The number of halogens is 3. The number of hydrogen-bond acceptors (Lipinski definition) is 5. The molecule has 1 aliphatic rings. The van der Waals surface area contributed by atoms with Crippen LogP contribution in [0.4, 0.5) is 13.2 Å². The third kappa shape index (κ3) is 4.32. The van der Waals surface area contributed by atoms with Gasteiger partial charge in [0, 0.05) is 12.7 Å². The average Bonchev–Trinajstić information content (AvgIpc) is 3.20. The van der Waals surface area contributed by atoms with E-state index in [1.54, 1.807) is 18.2 Å². The number of hydrogen-bond donors (Lipinski definition) is 1. The molecule has 1 N–H and O–H groups in total. The standard InChI is InChI=1S/C20H20F3N5O3S/c21-20(22,23)14-9-10-17-25-26-18(27(17)13-14)12-24-19(29)16-8-4-5-11-28(16)32(30,31)15-6-2-1-3-7-15/h1-3,6-7,9-10,13,16H,4-5,8,11-12H2,(H,24,29). The maximum absolute atomic E-state index is 13.1. The van der Waals surface area contributed by atoms with Crippen molar-refractivity contribution in [3.63, 3.8) is 0 Å². The lowest BCUT2D eigenvalue weighted by Gasteiger charge is -2.33. The smallest absolute Gasteiger partial charge is 0.347 e. The van der Waals surface area contributed by atoms with Crippen LogP contribution in [-0.2, 0) is 27.5 Å². The number of benzene rings is 1. The van der Waals surface area contributed by atoms with Gasteiger partial charge >= 0.3 is 6.18 Å². The van der Waals surface area contributed by atoms with Crippen molar-refractivity contribution in [2.45, 2.75) is 42.9 Å². The van der Waals surface area contributed by atoms with E-state index in [4.69, 9.17) is 0 Å². The maximum Gasteiger partial charge on any atom is 0.417 e. The third-order valence-electron chi connectivity index (χ3n) is 5.33. The van der Waals surface area contributed by atoms with Gasteiger partial charge in [0.2, 0.25) is 15.9 Å². The first-order chi connectivity index (χ1) is 15.2. The van der Waals surface area contributed by atoms with Crippen molar-refractivity contribution in [2.24, 2.45) is 0 Å². The first kappa shape index (κ1) is 22.2. The summed E-state index contributed by atoms with van der Waals surface area (Å²) in [5.74, 6) is -0.430. The molecule has 0 bridgehead atoms. The number of sulfonamides is 1. The van der Waals surface area contributed by atoms with E-state index in [1.165, 1.54) is 22.5 Å². The molecule has 0 aliphatic carbocycles. The van der Waals surface area contributed by atoms with Gasteiger partial charge in [-0.25, -0.2) is 8.42 Å². The zero-order valence-corrected chi connectivity index (χ0v) is 17.6. The van der Waals surface area contributed by atoms with E-state index in [2.05, 4.69) is 15.5 Å². The van der Waals surface area contributed by atoms with Gasteiger partial charge < -0.3 is 5.32 Å². The van der Waals surface area contributed by atoms with Gasteiger partial charge in [-0.15, -0.1) is 10.2 Å². The molecule has 1 unspecified atom stereocenters. The summed E-state index contributed by atoms with van der Waals surface area (Å²) in [6, 6.07) is 9.04. The number of pyridine rings is 1. The topological polar surface area (TPSA) is 96.7 Å². The van der Waals surface area contributed by atoms with Gasteiger partial charge in [0.05, 0.1) is 17.0 Å². The van der Waals surface area contributed by atoms with E-state index in [9.17, 15) is 26.4 Å². The first-order valence-electron chi connectivity index (χ1n) is 9.93. The van der Waals surface area contributed by atoms with Crippen LogP contribution < -0.4 is 5.32 Å². The Morgan fingerprint density at radius 2 is 1.84 bits per heavy atom. The molecule has 1 aliphatic heterocycles. The van der Waals surface area contributed by atoms with Crippen LogP contribution in [0.15, 0.2) is 53.6 Å². The van der Waals surface area contributed by atoms with E-state index in [0.29, 0.717) is 19.3 Å². The number of nitrogens with zero attached hydrogens (tertiary/aromatic N) is 4. The van der Waals surface area contributed by atoms with E-state index >= 15 is 0 Å². The van der Waals surface area contributed by atoms with Gasteiger partial charge in [0.15, 0.2) is 11.5 Å². The Labute approximate surface area is 182 Å². The van der Waals surface area contributed by atoms with Gasteiger partial charge in [-0.05, 0) is 37.1 Å². The minimum absolute atomic E-state index is 0.0998. The van der Waals surface area contributed by atoms with Crippen LogP contribution in [-0.4, -0.2) is 45.8 Å². The van der Waals surface area contributed by atoms with Crippen LogP contribution in [0.5, 0.6) is 0 Å². The van der Waals surface area contributed by atoms with Crippen molar-refractivity contribution in [1.82, 2.24) is 24.2 Å². The molecule has 1 atom stereocenters. The molecule has 3 aromatic rings. The van der Waals surface area contributed by atoms with E-state index in [0.717, 1.165) is 16.7 Å². The summed E-state index contributed by atoms with van der Waals surface area (Å²) in [4.78, 5) is 13.0. The van der Waals surface area contributed by atoms with Gasteiger partial charge in [-0.3, -0.25) is 9.20 Å². The number of carbonyl (C=O) groups excluding carboxylic acids is 1. The molecule has 4 rings (SSSR count). The number of piperidine rings is 1. The molecule has 8 nitrogen and oxygen atoms in total. The zero-order chi connectivity index (χ0) is 22.9. The molecular formula is C20H20F3N5O3S. The number of fused-ring (bicyclic) bond motifs is 1. The van der Waals surface area contributed by atoms with Crippen molar-refractivity contribution >= 4 is 21.6 Å². The molecule has 2 aromatic heterocycles. The molecule has 0 spiro atoms. The molecule has 0 saturated carbocycles. The largest absolute Gasteiger partial charge is 0.417 e. The number of alkyl halides is 3. The Morgan fingerprint density at radius 1 is 1.09 bits per heavy atom. The molecule has 32 heavy (non-hydrogen) atoms. The summed E-state index contributed by atoms with van der Waals surface area (Å²) < 4.78 is 67.5. The Hall–Kier alpha value is -2.99. The number of carbonyl (C=O) groups is 1. The predicted molar refractivity (Wildman–Crippen MR) is 108 cm³/mol. The van der Waals surface area contributed by atoms with Crippen LogP contribution in [0.3, 0.4) is 0 Å². The van der Waals surface area contributed by atoms with Gasteiger partial charge in [-0.1, -0.05) is 24.6 Å². The number of aromatic nitrogens is 3. The molecule has 1 fully saturated rings. The molecule has 12 heteroatoms. The second-order valence-corrected chi connectivity index (χ2v) is 9.31. The fraction of sp³-hybridized carbons (Fsp3) is 0.350. The first-order valence-corrected chi connectivity index (χ1v) is 11.4. The normalized spacial score (nSPS) is 18.0. The lowest BCUT2D eigenvalue weighted by Crippen LogP contribution is -2.51. The van der Waals surface area contributed by atoms with E-state index in [-0.39, 0.29) is 29.5 Å². The van der Waals surface area contributed by atoms with Gasteiger partial charge in [-0.2, -0.15) is 17.5 Å². The molecule has 1 saturated heterocycles. The number of rotatable bonds is 5. The van der Waals surface area contributed by atoms with Crippen LogP contribution in [0, 0.1) is 0 Å². The highest BCUT2D eigenvalue weighted by atomic mass is 32.2. The van der Waals surface area contributed by atoms with Crippen LogP contribution in [0.2, 0.25) is 0 Å². The Morgan fingerprint density at radius 3 is 2.56 bits per heavy atom. The summed E-state index contributed by atoms with van der Waals surface area (Å²) in [5.41, 5.74) is -0.669. The molecule has 1 amide bonds. The highest BCUT2D eigenvalue weighted by molar-refractivity contribution is 7.89. The summed E-state index contributed by atoms with van der Waals surface area (Å²) in [5, 5.41) is 10.3. The Kier molecular flexibility index (Phi) is 5.91. The van der Waals surface area contributed by atoms with Gasteiger partial charge in [0.1, 0.15) is 6.04 Å². The minimum Gasteiger partial charge on any atom is -0.347 e. The molecule has 0 radical (unpaired) electrons. The second kappa shape index (κ2) is 8.51. The van der Waals surface area contributed by atoms with E-state index in [1.807, 2.05) is 0 Å². The molecule has 170 valence electrons. The average molecular weight is 467 g/mol. The Bertz CT molecular complexity index is 1230. The second-order valence-electron chi connectivity index (χ2n) is 7.42. The summed E-state index contributed by atoms with van der Waals surface area (Å²) in [7, 11) is -3.87. The fourth-order valence-corrected chi connectivity index (χ4v) is 5.37. The van der Waals surface area contributed by atoms with Crippen LogP contribution in [0.1, 0.15) is 30.7 Å². The van der Waals surface area contributed by atoms with E-state index < -0.39 is 33.7 Å². The van der Waals surface area contributed by atoms with Crippen molar-refractivity contribution < 1.29 is 26.4 Å². The van der Waals surface area contributed by atoms with Gasteiger partial charge in [0.25, 0.3) is 0 Å². The Balaban J connectivity index is 1.53. The lowest BCUT2D eigenvalue weighted by molar-refractivity contribution is -0.137. The number of nitrogens with one attached hydrogen (secondary N) is 1. The summed E-state index contributed by atoms with van der Waals surface area (Å²) in [6.45, 7) is 0.00908. The lowest BCUT2D eigenvalue weighted by atomic mass is 10.0. The van der Waals surface area contributed by atoms with Crippen LogP contribution >= 0.6 is 0 Å². The quantitative estimate of drug-likeness (QED) is 0.622. The van der Waals surface area contributed by atoms with Crippen molar-refractivity contribution in [3.8, 4) is 0 Å². The van der Waals surface area contributed by atoms with Crippen LogP contribution in [0.25, 0.3) is 5.65 Å². The fourth-order valence-electron chi connectivity index (χ4n) is 3.69. The monoisotopic (exact) mass is 467 g/mol. The molecular weight excluding hydrogens is 447 g/mol. The highest BCUT2D eigenvalue weighted by Crippen LogP contribution is 2.29. The molecule has 1 aromatic carbocycles. The zero-order valence-electron chi connectivity index (χ0n) is 16.8. The van der Waals surface area contributed by atoms with Crippen molar-refractivity contribution in [3.05, 3.63) is 60.0 Å². The molecule has 3 heterocycles. The SMILES string of the molecule is O=C(NCc1nnc2ccc(C(F)(F)F)cn12)C1CCCCN1S(=O)(=O)c1ccccc1. The maximum atomic E-state index is 13.1. The summed E-state index contributed by atoms with van der Waals surface area (Å²) >= 11 is 0. The highest BCUT2D eigenvalue weighted by Gasteiger charge is 2.37. The predicted octanol–water partition coefficient (Wildman–Crippen LogP) is 2.61. The minimum atomic E-state index is -4.53. The third-order valence-corrected chi connectivity index (χ3v) is 7.25. The van der Waals surface area contributed by atoms with Crippen molar-refractivity contribution in [2.75, 3.05) is 6.54 Å². The number of amides is 1. The summed E-state index contributed by atoms with van der Waals surface area (Å²) in [6.07, 6.45) is -2.01. The van der Waals surface area contributed by atoms with Crippen molar-refractivity contribution in [1.29, 1.82) is 0 Å².